The van der Waals surface area contributed by atoms with Crippen LogP contribution in [0.2, 0.25) is 0 Å². The van der Waals surface area contributed by atoms with Gasteiger partial charge >= 0.3 is 5.97 Å². The zero-order valence-corrected chi connectivity index (χ0v) is 15.2. The van der Waals surface area contributed by atoms with Crippen LogP contribution in [0.4, 0.5) is 5.69 Å². The minimum atomic E-state index is -0.926. The molecule has 4 rings (SSSR count). The second-order valence-electron chi connectivity index (χ2n) is 6.56. The Morgan fingerprint density at radius 1 is 0.857 bits per heavy atom. The van der Waals surface area contributed by atoms with Gasteiger partial charge < -0.3 is 5.11 Å². The van der Waals surface area contributed by atoms with E-state index in [0.29, 0.717) is 0 Å². The van der Waals surface area contributed by atoms with Gasteiger partial charge in [-0.2, -0.15) is 0 Å². The van der Waals surface area contributed by atoms with Crippen LogP contribution < -0.4 is 10.4 Å². The fourth-order valence-electron chi connectivity index (χ4n) is 3.22. The first-order valence-electron chi connectivity index (χ1n) is 9.10. The topological polar surface area (TPSA) is 52.6 Å². The molecule has 0 fully saturated rings. The number of allylic oxidation sites excluding steroid dienone is 1. The van der Waals surface area contributed by atoms with Gasteiger partial charge in [0.2, 0.25) is 0 Å². The van der Waals surface area contributed by atoms with Crippen molar-refractivity contribution in [2.45, 2.75) is 6.04 Å². The predicted octanol–water partition coefficient (Wildman–Crippen LogP) is 5.05. The smallest absolute Gasteiger partial charge is 0.335 e. The number of hydrazine groups is 1. The van der Waals surface area contributed by atoms with Gasteiger partial charge in [0.25, 0.3) is 0 Å². The van der Waals surface area contributed by atoms with Crippen molar-refractivity contribution in [1.29, 1.82) is 0 Å². The van der Waals surface area contributed by atoms with Crippen molar-refractivity contribution in [3.05, 3.63) is 119 Å². The number of hydrogen-bond donors (Lipinski definition) is 2. The van der Waals surface area contributed by atoms with E-state index in [9.17, 15) is 4.79 Å². The minimum absolute atomic E-state index is 0.00676. The van der Waals surface area contributed by atoms with Crippen LogP contribution in [0.15, 0.2) is 103 Å². The minimum Gasteiger partial charge on any atom is -0.478 e. The van der Waals surface area contributed by atoms with Gasteiger partial charge in [0, 0.05) is 0 Å². The lowest BCUT2D eigenvalue weighted by molar-refractivity contribution is 0.0697. The predicted molar refractivity (Wildman–Crippen MR) is 112 cm³/mol. The van der Waals surface area contributed by atoms with Gasteiger partial charge in [-0.05, 0) is 47.5 Å². The molecule has 3 aromatic carbocycles. The number of nitrogens with one attached hydrogen (secondary N) is 1. The molecule has 138 valence electrons. The molecule has 0 saturated heterocycles. The van der Waals surface area contributed by atoms with Gasteiger partial charge in [-0.15, -0.1) is 0 Å². The van der Waals surface area contributed by atoms with Gasteiger partial charge in [-0.1, -0.05) is 66.7 Å². The normalized spacial score (nSPS) is 16.1. The molecule has 1 aliphatic heterocycles. The molecular weight excluding hydrogens is 348 g/mol. The van der Waals surface area contributed by atoms with Gasteiger partial charge in [0.1, 0.15) is 0 Å². The SMILES string of the molecule is O=C(O)c1ccc(N2NC(/C=C/c3ccccc3)=C[C@@H]2c2ccccc2)cc1. The molecule has 0 aliphatic carbocycles. The molecule has 1 atom stereocenters. The first-order valence-corrected chi connectivity index (χ1v) is 9.10. The Morgan fingerprint density at radius 2 is 1.50 bits per heavy atom. The number of aromatic carboxylic acids is 1. The third-order valence-corrected chi connectivity index (χ3v) is 4.65. The number of carbonyl (C=O) groups is 1. The fraction of sp³-hybridized carbons (Fsp3) is 0.0417. The molecule has 3 aromatic rings. The molecule has 1 heterocycles. The van der Waals surface area contributed by atoms with Crippen molar-refractivity contribution in [2.75, 3.05) is 5.01 Å². The highest BCUT2D eigenvalue weighted by Gasteiger charge is 2.25. The lowest BCUT2D eigenvalue weighted by atomic mass is 10.1. The monoisotopic (exact) mass is 368 g/mol. The summed E-state index contributed by atoms with van der Waals surface area (Å²) < 4.78 is 0. The number of carboxylic acid groups (broad SMARTS) is 1. The molecule has 4 nitrogen and oxygen atoms in total. The van der Waals surface area contributed by atoms with Gasteiger partial charge in [0.05, 0.1) is 23.0 Å². The Balaban J connectivity index is 1.64. The summed E-state index contributed by atoms with van der Waals surface area (Å²) in [6.07, 6.45) is 6.29. The van der Waals surface area contributed by atoms with Crippen LogP contribution in [0.3, 0.4) is 0 Å². The molecule has 0 radical (unpaired) electrons. The first-order chi connectivity index (χ1) is 13.7. The summed E-state index contributed by atoms with van der Waals surface area (Å²) >= 11 is 0. The summed E-state index contributed by atoms with van der Waals surface area (Å²) in [5, 5.41) is 11.2. The van der Waals surface area contributed by atoms with Crippen LogP contribution >= 0.6 is 0 Å². The van der Waals surface area contributed by atoms with E-state index in [-0.39, 0.29) is 11.6 Å². The molecular formula is C24H20N2O2. The summed E-state index contributed by atoms with van der Waals surface area (Å²) in [4.78, 5) is 11.1. The molecule has 28 heavy (non-hydrogen) atoms. The van der Waals surface area contributed by atoms with Crippen LogP contribution in [0.1, 0.15) is 27.5 Å². The van der Waals surface area contributed by atoms with Crippen molar-refractivity contribution in [3.8, 4) is 0 Å². The molecule has 4 heteroatoms. The van der Waals surface area contributed by atoms with E-state index in [1.54, 1.807) is 12.1 Å². The van der Waals surface area contributed by atoms with Crippen molar-refractivity contribution in [1.82, 2.24) is 5.43 Å². The van der Waals surface area contributed by atoms with Crippen molar-refractivity contribution in [3.63, 3.8) is 0 Å². The molecule has 0 unspecified atom stereocenters. The van der Waals surface area contributed by atoms with E-state index < -0.39 is 5.97 Å². The number of carboxylic acids is 1. The lowest BCUT2D eigenvalue weighted by Gasteiger charge is -2.27. The quantitative estimate of drug-likeness (QED) is 0.662. The Morgan fingerprint density at radius 3 is 2.14 bits per heavy atom. The first kappa shape index (κ1) is 17.6. The van der Waals surface area contributed by atoms with Crippen molar-refractivity contribution < 1.29 is 9.90 Å². The van der Waals surface area contributed by atoms with Crippen LogP contribution in [-0.2, 0) is 0 Å². The van der Waals surface area contributed by atoms with Crippen molar-refractivity contribution in [2.24, 2.45) is 0 Å². The number of nitrogens with zero attached hydrogens (tertiary/aromatic N) is 1. The van der Waals surface area contributed by atoms with Gasteiger partial charge in [0.15, 0.2) is 0 Å². The average molecular weight is 368 g/mol. The van der Waals surface area contributed by atoms with Crippen LogP contribution in [0, 0.1) is 0 Å². The lowest BCUT2D eigenvalue weighted by Crippen LogP contribution is -2.34. The molecule has 0 saturated carbocycles. The number of benzene rings is 3. The number of hydrogen-bond acceptors (Lipinski definition) is 3. The standard InChI is InChI=1S/C24H20N2O2/c27-24(28)20-12-15-22(16-13-20)26-23(19-9-5-2-6-10-19)17-21(25-26)14-11-18-7-3-1-4-8-18/h1-17,23,25H,(H,27,28)/b14-11+/t23-/m1/s1. The third-order valence-electron chi connectivity index (χ3n) is 4.65. The highest BCUT2D eigenvalue weighted by molar-refractivity contribution is 5.88. The van der Waals surface area contributed by atoms with Crippen LogP contribution in [-0.4, -0.2) is 11.1 Å². The van der Waals surface area contributed by atoms with Crippen LogP contribution in [0.25, 0.3) is 6.08 Å². The Hall–Kier alpha value is -3.79. The Labute approximate surface area is 164 Å². The molecule has 0 bridgehead atoms. The fourth-order valence-corrected chi connectivity index (χ4v) is 3.22. The van der Waals surface area contributed by atoms with E-state index in [1.165, 1.54) is 0 Å². The van der Waals surface area contributed by atoms with E-state index in [0.717, 1.165) is 22.5 Å². The summed E-state index contributed by atoms with van der Waals surface area (Å²) in [5.74, 6) is -0.926. The summed E-state index contributed by atoms with van der Waals surface area (Å²) in [6, 6.07) is 27.3. The number of anilines is 1. The molecule has 0 aromatic heterocycles. The zero-order valence-electron chi connectivity index (χ0n) is 15.2. The van der Waals surface area contributed by atoms with Crippen molar-refractivity contribution >= 4 is 17.7 Å². The van der Waals surface area contributed by atoms with E-state index in [4.69, 9.17) is 5.11 Å². The van der Waals surface area contributed by atoms with E-state index in [2.05, 4.69) is 47.9 Å². The summed E-state index contributed by atoms with van der Waals surface area (Å²) in [6.45, 7) is 0. The second kappa shape index (κ2) is 7.84. The van der Waals surface area contributed by atoms with E-state index >= 15 is 0 Å². The Kier molecular flexibility index (Phi) is 4.93. The zero-order chi connectivity index (χ0) is 19.3. The summed E-state index contributed by atoms with van der Waals surface area (Å²) in [5.41, 5.74) is 7.88. The van der Waals surface area contributed by atoms with Gasteiger partial charge in [-0.3, -0.25) is 10.4 Å². The average Bonchev–Trinajstić information content (AvgIpc) is 3.18. The number of rotatable bonds is 5. The molecule has 2 N–H and O–H groups in total. The maximum atomic E-state index is 11.1. The molecule has 0 amide bonds. The second-order valence-corrected chi connectivity index (χ2v) is 6.56. The Bertz CT molecular complexity index is 1010. The van der Waals surface area contributed by atoms with Gasteiger partial charge in [-0.25, -0.2) is 4.79 Å². The highest BCUT2D eigenvalue weighted by Crippen LogP contribution is 2.32. The van der Waals surface area contributed by atoms with E-state index in [1.807, 2.05) is 53.5 Å². The summed E-state index contributed by atoms with van der Waals surface area (Å²) in [7, 11) is 0. The highest BCUT2D eigenvalue weighted by atomic mass is 16.4. The molecule has 1 aliphatic rings. The molecule has 0 spiro atoms. The van der Waals surface area contributed by atoms with Crippen LogP contribution in [0.5, 0.6) is 0 Å². The maximum absolute atomic E-state index is 11.1. The third kappa shape index (κ3) is 3.81. The maximum Gasteiger partial charge on any atom is 0.335 e. The largest absolute Gasteiger partial charge is 0.478 e.